The Morgan fingerprint density at radius 3 is 2.33 bits per heavy atom. The van der Waals surface area contributed by atoms with Crippen LogP contribution in [0.15, 0.2) is 54.6 Å². The molecule has 0 saturated heterocycles. The highest BCUT2D eigenvalue weighted by atomic mass is 16.5. The normalized spacial score (nSPS) is 11.0. The Bertz CT molecular complexity index is 606. The molecule has 0 saturated carbocycles. The zero-order chi connectivity index (χ0) is 15.3. The van der Waals surface area contributed by atoms with Crippen molar-refractivity contribution < 1.29 is 9.53 Å². The van der Waals surface area contributed by atoms with E-state index >= 15 is 0 Å². The molecule has 110 valence electrons. The molecule has 1 amide bonds. The van der Waals surface area contributed by atoms with E-state index in [0.29, 0.717) is 6.42 Å². The van der Waals surface area contributed by atoms with Gasteiger partial charge in [-0.25, -0.2) is 0 Å². The lowest BCUT2D eigenvalue weighted by Crippen LogP contribution is -2.41. The number of benzene rings is 2. The second-order valence-corrected chi connectivity index (χ2v) is 5.53. The van der Waals surface area contributed by atoms with Crippen LogP contribution in [0.2, 0.25) is 0 Å². The van der Waals surface area contributed by atoms with Crippen molar-refractivity contribution in [2.24, 2.45) is 0 Å². The van der Waals surface area contributed by atoms with Crippen LogP contribution in [0.5, 0.6) is 5.75 Å². The third-order valence-electron chi connectivity index (χ3n) is 3.49. The Morgan fingerprint density at radius 2 is 1.67 bits per heavy atom. The maximum Gasteiger partial charge on any atom is 0.225 e. The van der Waals surface area contributed by atoms with Crippen LogP contribution in [0.4, 0.5) is 0 Å². The molecule has 0 atom stereocenters. The quantitative estimate of drug-likeness (QED) is 0.914. The zero-order valence-electron chi connectivity index (χ0n) is 12.7. The molecule has 0 spiro atoms. The highest BCUT2D eigenvalue weighted by molar-refractivity contribution is 5.80. The third-order valence-corrected chi connectivity index (χ3v) is 3.49. The van der Waals surface area contributed by atoms with Gasteiger partial charge in [-0.1, -0.05) is 48.5 Å². The van der Waals surface area contributed by atoms with Gasteiger partial charge in [-0.15, -0.1) is 0 Å². The smallest absolute Gasteiger partial charge is 0.225 e. The summed E-state index contributed by atoms with van der Waals surface area (Å²) in [4.78, 5) is 12.3. The minimum atomic E-state index is -0.402. The van der Waals surface area contributed by atoms with Crippen molar-refractivity contribution in [3.63, 3.8) is 0 Å². The molecule has 0 heterocycles. The van der Waals surface area contributed by atoms with Crippen molar-refractivity contribution in [3.05, 3.63) is 65.7 Å². The number of para-hydroxylation sites is 1. The van der Waals surface area contributed by atoms with Gasteiger partial charge in [-0.2, -0.15) is 0 Å². The van der Waals surface area contributed by atoms with Gasteiger partial charge in [0.25, 0.3) is 0 Å². The topological polar surface area (TPSA) is 38.3 Å². The van der Waals surface area contributed by atoms with Gasteiger partial charge in [0.15, 0.2) is 0 Å². The molecular weight excluding hydrogens is 262 g/mol. The minimum Gasteiger partial charge on any atom is -0.496 e. The number of methoxy groups -OCH3 is 1. The van der Waals surface area contributed by atoms with Crippen molar-refractivity contribution in [3.8, 4) is 5.75 Å². The van der Waals surface area contributed by atoms with E-state index in [1.165, 1.54) is 0 Å². The van der Waals surface area contributed by atoms with E-state index in [9.17, 15) is 4.79 Å². The molecule has 0 aliphatic carbocycles. The van der Waals surface area contributed by atoms with Crippen LogP contribution >= 0.6 is 0 Å². The average Bonchev–Trinajstić information content (AvgIpc) is 2.48. The van der Waals surface area contributed by atoms with Crippen LogP contribution in [0.25, 0.3) is 0 Å². The van der Waals surface area contributed by atoms with Crippen LogP contribution in [-0.4, -0.2) is 13.0 Å². The molecule has 0 aliphatic heterocycles. The summed E-state index contributed by atoms with van der Waals surface area (Å²) < 4.78 is 5.28. The molecule has 0 aromatic heterocycles. The van der Waals surface area contributed by atoms with E-state index in [1.54, 1.807) is 7.11 Å². The van der Waals surface area contributed by atoms with E-state index in [-0.39, 0.29) is 5.91 Å². The first kappa shape index (κ1) is 15.1. The fourth-order valence-corrected chi connectivity index (χ4v) is 2.34. The molecule has 21 heavy (non-hydrogen) atoms. The lowest BCUT2D eigenvalue weighted by molar-refractivity contribution is -0.122. The van der Waals surface area contributed by atoms with E-state index < -0.39 is 5.54 Å². The first-order valence-corrected chi connectivity index (χ1v) is 7.01. The lowest BCUT2D eigenvalue weighted by Gasteiger charge is -2.27. The van der Waals surface area contributed by atoms with E-state index in [4.69, 9.17) is 4.74 Å². The number of amides is 1. The van der Waals surface area contributed by atoms with Gasteiger partial charge < -0.3 is 10.1 Å². The molecule has 0 aliphatic rings. The highest BCUT2D eigenvalue weighted by Crippen LogP contribution is 2.21. The largest absolute Gasteiger partial charge is 0.496 e. The Labute approximate surface area is 126 Å². The van der Waals surface area contributed by atoms with Crippen molar-refractivity contribution >= 4 is 5.91 Å². The Hall–Kier alpha value is -2.29. The summed E-state index contributed by atoms with van der Waals surface area (Å²) in [5.74, 6) is 0.721. The molecule has 3 heteroatoms. The molecule has 0 fully saturated rings. The summed E-state index contributed by atoms with van der Waals surface area (Å²) in [5, 5.41) is 3.08. The van der Waals surface area contributed by atoms with Gasteiger partial charge in [0.05, 0.1) is 19.1 Å². The second kappa shape index (κ2) is 6.44. The van der Waals surface area contributed by atoms with Gasteiger partial charge in [-0.05, 0) is 25.5 Å². The molecule has 0 radical (unpaired) electrons. The zero-order valence-corrected chi connectivity index (χ0v) is 12.7. The lowest BCUT2D eigenvalue weighted by atomic mass is 9.94. The van der Waals surface area contributed by atoms with Crippen LogP contribution < -0.4 is 10.1 Å². The molecule has 1 N–H and O–H groups in total. The van der Waals surface area contributed by atoms with Crippen molar-refractivity contribution in [2.45, 2.75) is 25.8 Å². The second-order valence-electron chi connectivity index (χ2n) is 5.53. The summed E-state index contributed by atoms with van der Waals surface area (Å²) in [7, 11) is 1.62. The Balaban J connectivity index is 2.08. The van der Waals surface area contributed by atoms with Crippen LogP contribution in [0.1, 0.15) is 25.0 Å². The summed E-state index contributed by atoms with van der Waals surface area (Å²) >= 11 is 0. The predicted molar refractivity (Wildman–Crippen MR) is 84.3 cm³/mol. The fourth-order valence-electron chi connectivity index (χ4n) is 2.34. The first-order valence-electron chi connectivity index (χ1n) is 7.01. The number of rotatable bonds is 5. The van der Waals surface area contributed by atoms with Crippen LogP contribution in [0.3, 0.4) is 0 Å². The van der Waals surface area contributed by atoms with E-state index in [0.717, 1.165) is 16.9 Å². The standard InChI is InChI=1S/C18H21NO2/c1-18(2,15-10-5-4-6-11-15)19-17(20)13-14-9-7-8-12-16(14)21-3/h4-12H,13H2,1-3H3,(H,19,20). The Morgan fingerprint density at radius 1 is 1.05 bits per heavy atom. The summed E-state index contributed by atoms with van der Waals surface area (Å²) in [6, 6.07) is 17.5. The van der Waals surface area contributed by atoms with Gasteiger partial charge in [0.1, 0.15) is 5.75 Å². The molecular formula is C18H21NO2. The number of hydrogen-bond donors (Lipinski definition) is 1. The predicted octanol–water partition coefficient (Wildman–Crippen LogP) is 3.29. The number of hydrogen-bond acceptors (Lipinski definition) is 2. The summed E-state index contributed by atoms with van der Waals surface area (Å²) in [6.07, 6.45) is 0.306. The molecule has 0 unspecified atom stereocenters. The van der Waals surface area contributed by atoms with Gasteiger partial charge in [0.2, 0.25) is 5.91 Å². The monoisotopic (exact) mass is 283 g/mol. The fraction of sp³-hybridized carbons (Fsp3) is 0.278. The molecule has 2 aromatic carbocycles. The third kappa shape index (κ3) is 3.85. The Kier molecular flexibility index (Phi) is 4.63. The van der Waals surface area contributed by atoms with Crippen molar-refractivity contribution in [1.82, 2.24) is 5.32 Å². The maximum atomic E-state index is 12.3. The molecule has 3 nitrogen and oxygen atoms in total. The van der Waals surface area contributed by atoms with Gasteiger partial charge in [-0.3, -0.25) is 4.79 Å². The van der Waals surface area contributed by atoms with Crippen molar-refractivity contribution in [2.75, 3.05) is 7.11 Å². The highest BCUT2D eigenvalue weighted by Gasteiger charge is 2.22. The summed E-state index contributed by atoms with van der Waals surface area (Å²) in [6.45, 7) is 4.00. The van der Waals surface area contributed by atoms with Gasteiger partial charge in [0, 0.05) is 5.56 Å². The SMILES string of the molecule is COc1ccccc1CC(=O)NC(C)(C)c1ccccc1. The minimum absolute atomic E-state index is 0.0200. The van der Waals surface area contributed by atoms with Crippen LogP contribution in [-0.2, 0) is 16.8 Å². The average molecular weight is 283 g/mol. The van der Waals surface area contributed by atoms with Gasteiger partial charge >= 0.3 is 0 Å². The number of ether oxygens (including phenoxy) is 1. The van der Waals surface area contributed by atoms with Crippen molar-refractivity contribution in [1.29, 1.82) is 0 Å². The molecule has 2 aromatic rings. The van der Waals surface area contributed by atoms with E-state index in [1.807, 2.05) is 68.4 Å². The molecule has 2 rings (SSSR count). The number of nitrogens with one attached hydrogen (secondary N) is 1. The number of carbonyl (C=O) groups is 1. The molecule has 0 bridgehead atoms. The number of carbonyl (C=O) groups excluding carboxylic acids is 1. The maximum absolute atomic E-state index is 12.3. The van der Waals surface area contributed by atoms with Crippen LogP contribution in [0, 0.1) is 0 Å². The van der Waals surface area contributed by atoms with E-state index in [2.05, 4.69) is 5.32 Å². The first-order chi connectivity index (χ1) is 10.0. The summed E-state index contributed by atoms with van der Waals surface area (Å²) in [5.41, 5.74) is 1.57.